The van der Waals surface area contributed by atoms with Crippen LogP contribution < -0.4 is 15.4 Å². The van der Waals surface area contributed by atoms with Crippen LogP contribution in [0, 0.1) is 0 Å². The molecule has 0 unspecified atom stereocenters. The quantitative estimate of drug-likeness (QED) is 0.291. The molecule has 0 aromatic carbocycles. The van der Waals surface area contributed by atoms with E-state index in [4.69, 9.17) is 9.47 Å². The molecule has 126 valence electrons. The first-order chi connectivity index (χ1) is 10.2. The molecular formula is C15H27IN4O2. The van der Waals surface area contributed by atoms with Gasteiger partial charge in [-0.1, -0.05) is 6.07 Å². The van der Waals surface area contributed by atoms with Crippen molar-refractivity contribution in [2.45, 2.75) is 33.4 Å². The molecule has 0 bridgehead atoms. The minimum atomic E-state index is 0. The van der Waals surface area contributed by atoms with Crippen LogP contribution in [0.3, 0.4) is 0 Å². The third-order valence-electron chi connectivity index (χ3n) is 2.55. The third-order valence-corrected chi connectivity index (χ3v) is 2.55. The van der Waals surface area contributed by atoms with Gasteiger partial charge in [0.05, 0.1) is 13.2 Å². The van der Waals surface area contributed by atoms with E-state index in [9.17, 15) is 0 Å². The normalized spacial score (nSPS) is 11.0. The second kappa shape index (κ2) is 12.5. The first-order valence-electron chi connectivity index (χ1n) is 7.27. The molecule has 0 spiro atoms. The second-order valence-electron chi connectivity index (χ2n) is 4.80. The monoisotopic (exact) mass is 422 g/mol. The summed E-state index contributed by atoms with van der Waals surface area (Å²) >= 11 is 0. The van der Waals surface area contributed by atoms with Crippen LogP contribution in [-0.2, 0) is 11.3 Å². The van der Waals surface area contributed by atoms with Crippen molar-refractivity contribution in [2.75, 3.05) is 26.9 Å². The van der Waals surface area contributed by atoms with Crippen molar-refractivity contribution in [3.8, 4) is 5.88 Å². The fourth-order valence-corrected chi connectivity index (χ4v) is 1.65. The van der Waals surface area contributed by atoms with Gasteiger partial charge in [0.2, 0.25) is 5.88 Å². The average Bonchev–Trinajstić information content (AvgIpc) is 2.46. The minimum Gasteiger partial charge on any atom is -0.475 e. The van der Waals surface area contributed by atoms with E-state index in [2.05, 4.69) is 34.5 Å². The Hall–Kier alpha value is -1.09. The van der Waals surface area contributed by atoms with Crippen LogP contribution in [0.2, 0.25) is 0 Å². The molecule has 0 aliphatic carbocycles. The van der Waals surface area contributed by atoms with Crippen molar-refractivity contribution in [1.82, 2.24) is 15.6 Å². The molecule has 0 aliphatic heterocycles. The van der Waals surface area contributed by atoms with Crippen molar-refractivity contribution in [1.29, 1.82) is 0 Å². The molecule has 0 saturated heterocycles. The van der Waals surface area contributed by atoms with Gasteiger partial charge in [-0.05, 0) is 26.8 Å². The number of hydrogen-bond acceptors (Lipinski definition) is 4. The van der Waals surface area contributed by atoms with E-state index in [1.54, 1.807) is 13.3 Å². The molecule has 6 nitrogen and oxygen atoms in total. The Labute approximate surface area is 150 Å². The van der Waals surface area contributed by atoms with Crippen molar-refractivity contribution < 1.29 is 9.47 Å². The topological polar surface area (TPSA) is 67.8 Å². The van der Waals surface area contributed by atoms with Gasteiger partial charge in [-0.15, -0.1) is 24.0 Å². The number of halogens is 1. The Kier molecular flexibility index (Phi) is 11.8. The zero-order chi connectivity index (χ0) is 15.5. The Balaban J connectivity index is 0.00000441. The highest BCUT2D eigenvalue weighted by molar-refractivity contribution is 14.0. The lowest BCUT2D eigenvalue weighted by Gasteiger charge is -2.14. The van der Waals surface area contributed by atoms with Crippen LogP contribution in [0.25, 0.3) is 0 Å². The summed E-state index contributed by atoms with van der Waals surface area (Å²) in [6.07, 6.45) is 1.72. The van der Waals surface area contributed by atoms with E-state index in [0.717, 1.165) is 18.1 Å². The number of hydrogen-bond donors (Lipinski definition) is 2. The van der Waals surface area contributed by atoms with Crippen molar-refractivity contribution >= 4 is 29.9 Å². The first-order valence-corrected chi connectivity index (χ1v) is 7.27. The van der Waals surface area contributed by atoms with Gasteiger partial charge in [-0.25, -0.2) is 9.98 Å². The van der Waals surface area contributed by atoms with E-state index in [1.165, 1.54) is 0 Å². The van der Waals surface area contributed by atoms with E-state index in [-0.39, 0.29) is 24.0 Å². The summed E-state index contributed by atoms with van der Waals surface area (Å²) in [5.41, 5.74) is 0.953. The maximum Gasteiger partial charge on any atom is 0.218 e. The van der Waals surface area contributed by atoms with Crippen LogP contribution in [0.5, 0.6) is 5.88 Å². The molecule has 1 rings (SSSR count). The Morgan fingerprint density at radius 1 is 1.36 bits per heavy atom. The number of ether oxygens (including phenoxy) is 2. The summed E-state index contributed by atoms with van der Waals surface area (Å²) in [4.78, 5) is 8.80. The number of guanidine groups is 1. The van der Waals surface area contributed by atoms with Crippen LogP contribution in [0.4, 0.5) is 0 Å². The molecule has 0 saturated carbocycles. The molecule has 1 aromatic heterocycles. The summed E-state index contributed by atoms with van der Waals surface area (Å²) in [6.45, 7) is 8.56. The predicted octanol–water partition coefficient (Wildman–Crippen LogP) is 2.19. The van der Waals surface area contributed by atoms with E-state index in [1.807, 2.05) is 19.1 Å². The van der Waals surface area contributed by atoms with Gasteiger partial charge in [0.25, 0.3) is 0 Å². The maximum absolute atomic E-state index is 5.60. The van der Waals surface area contributed by atoms with E-state index >= 15 is 0 Å². The van der Waals surface area contributed by atoms with E-state index in [0.29, 0.717) is 31.7 Å². The number of nitrogens with one attached hydrogen (secondary N) is 2. The predicted molar refractivity (Wildman–Crippen MR) is 100 cm³/mol. The summed E-state index contributed by atoms with van der Waals surface area (Å²) in [5.74, 6) is 1.40. The molecular weight excluding hydrogens is 395 g/mol. The zero-order valence-corrected chi connectivity index (χ0v) is 16.1. The van der Waals surface area contributed by atoms with Gasteiger partial charge in [0.15, 0.2) is 5.96 Å². The Morgan fingerprint density at radius 3 is 2.77 bits per heavy atom. The number of aromatic nitrogens is 1. The van der Waals surface area contributed by atoms with Gasteiger partial charge >= 0.3 is 0 Å². The number of methoxy groups -OCH3 is 1. The smallest absolute Gasteiger partial charge is 0.218 e. The highest BCUT2D eigenvalue weighted by Crippen LogP contribution is 2.15. The fraction of sp³-hybridized carbons (Fsp3) is 0.600. The van der Waals surface area contributed by atoms with Crippen molar-refractivity contribution in [3.05, 3.63) is 23.9 Å². The number of nitrogens with zero attached hydrogens (tertiary/aromatic N) is 2. The summed E-state index contributed by atoms with van der Waals surface area (Å²) in [7, 11) is 1.65. The number of aliphatic imine (C=N–C) groups is 1. The van der Waals surface area contributed by atoms with Crippen LogP contribution in [0.15, 0.2) is 23.3 Å². The fourth-order valence-electron chi connectivity index (χ4n) is 1.65. The molecule has 0 aliphatic rings. The molecule has 22 heavy (non-hydrogen) atoms. The highest BCUT2D eigenvalue weighted by atomic mass is 127. The van der Waals surface area contributed by atoms with Crippen LogP contribution in [-0.4, -0.2) is 43.9 Å². The lowest BCUT2D eigenvalue weighted by Crippen LogP contribution is -2.41. The van der Waals surface area contributed by atoms with Crippen molar-refractivity contribution in [3.63, 3.8) is 0 Å². The van der Waals surface area contributed by atoms with Crippen molar-refractivity contribution in [2.24, 2.45) is 4.99 Å². The highest BCUT2D eigenvalue weighted by Gasteiger charge is 2.05. The first kappa shape index (κ1) is 20.9. The maximum atomic E-state index is 5.60. The largest absolute Gasteiger partial charge is 0.475 e. The Morgan fingerprint density at radius 2 is 2.14 bits per heavy atom. The molecule has 1 aromatic rings. The van der Waals surface area contributed by atoms with E-state index < -0.39 is 0 Å². The lowest BCUT2D eigenvalue weighted by atomic mass is 10.3. The lowest BCUT2D eigenvalue weighted by molar-refractivity contribution is 0.143. The summed E-state index contributed by atoms with van der Waals surface area (Å²) in [5, 5.41) is 6.49. The van der Waals surface area contributed by atoms with Gasteiger partial charge < -0.3 is 20.1 Å². The number of rotatable bonds is 8. The molecule has 0 radical (unpaired) electrons. The standard InChI is InChI=1S/C15H26N4O2.HI/c1-5-16-15(19-12(2)3)18-11-13-7-6-8-17-14(13)21-10-9-20-4;/h6-8,12H,5,9-11H2,1-4H3,(H2,16,18,19);1H. The molecule has 7 heteroatoms. The molecule has 0 amide bonds. The SMILES string of the molecule is CCNC(=NCc1cccnc1OCCOC)NC(C)C.I. The third kappa shape index (κ3) is 8.38. The van der Waals surface area contributed by atoms with Gasteiger partial charge in [0, 0.05) is 31.5 Å². The zero-order valence-electron chi connectivity index (χ0n) is 13.8. The van der Waals surface area contributed by atoms with Gasteiger partial charge in [0.1, 0.15) is 6.61 Å². The van der Waals surface area contributed by atoms with Gasteiger partial charge in [-0.2, -0.15) is 0 Å². The summed E-state index contributed by atoms with van der Waals surface area (Å²) in [6, 6.07) is 4.18. The van der Waals surface area contributed by atoms with Gasteiger partial charge in [-0.3, -0.25) is 0 Å². The minimum absolute atomic E-state index is 0. The average molecular weight is 422 g/mol. The Bertz CT molecular complexity index is 441. The molecule has 2 N–H and O–H groups in total. The molecule has 0 fully saturated rings. The second-order valence-corrected chi connectivity index (χ2v) is 4.80. The number of pyridine rings is 1. The van der Waals surface area contributed by atoms with Crippen LogP contribution in [0.1, 0.15) is 26.3 Å². The summed E-state index contributed by atoms with van der Waals surface area (Å²) < 4.78 is 10.6. The molecule has 0 atom stereocenters. The molecule has 1 heterocycles. The van der Waals surface area contributed by atoms with Crippen LogP contribution >= 0.6 is 24.0 Å².